The zero-order valence-corrected chi connectivity index (χ0v) is 18.2. The van der Waals surface area contributed by atoms with Crippen LogP contribution in [-0.4, -0.2) is 33.5 Å². The highest BCUT2D eigenvalue weighted by molar-refractivity contribution is 7.89. The number of nitrogens with zero attached hydrogens (tertiary/aromatic N) is 4. The van der Waals surface area contributed by atoms with Crippen molar-refractivity contribution in [2.45, 2.75) is 30.3 Å². The molecule has 164 valence electrons. The summed E-state index contributed by atoms with van der Waals surface area (Å²) in [6.45, 7) is 1.61. The topological polar surface area (TPSA) is 108 Å². The molecule has 1 N–H and O–H groups in total. The second-order valence-electron chi connectivity index (χ2n) is 7.79. The van der Waals surface area contributed by atoms with Crippen LogP contribution in [0.5, 0.6) is 5.88 Å². The zero-order valence-electron chi connectivity index (χ0n) is 16.7. The molecular weight excluding hydrogens is 459 g/mol. The summed E-state index contributed by atoms with van der Waals surface area (Å²) in [6, 6.07) is 8.71. The van der Waals surface area contributed by atoms with Crippen LogP contribution in [0.25, 0.3) is 5.69 Å². The first-order chi connectivity index (χ1) is 15.2. The molecule has 8 nitrogen and oxygen atoms in total. The molecule has 3 heterocycles. The Morgan fingerprint density at radius 1 is 1.25 bits per heavy atom. The van der Waals surface area contributed by atoms with Crippen molar-refractivity contribution < 1.29 is 17.9 Å². The minimum absolute atomic E-state index is 0.00912. The van der Waals surface area contributed by atoms with Gasteiger partial charge in [0.05, 0.1) is 28.4 Å². The van der Waals surface area contributed by atoms with E-state index in [2.05, 4.69) is 0 Å². The van der Waals surface area contributed by atoms with Crippen molar-refractivity contribution in [1.82, 2.24) is 13.4 Å². The molecule has 0 amide bonds. The monoisotopic (exact) mass is 474 g/mol. The number of rotatable bonds is 3. The number of aromatic nitrogens is 2. The molecule has 3 aromatic rings. The van der Waals surface area contributed by atoms with Crippen LogP contribution in [0.2, 0.25) is 5.02 Å². The average molecular weight is 475 g/mol. The van der Waals surface area contributed by atoms with Gasteiger partial charge in [0.25, 0.3) is 0 Å². The third-order valence-corrected chi connectivity index (χ3v) is 8.55. The molecule has 2 aliphatic heterocycles. The number of aromatic hydroxyl groups is 1. The first-order valence-corrected chi connectivity index (χ1v) is 11.5. The van der Waals surface area contributed by atoms with Gasteiger partial charge in [-0.2, -0.15) is 9.57 Å². The highest BCUT2D eigenvalue weighted by Crippen LogP contribution is 2.50. The fourth-order valence-electron chi connectivity index (χ4n) is 4.67. The van der Waals surface area contributed by atoms with Gasteiger partial charge in [-0.3, -0.25) is 4.57 Å². The van der Waals surface area contributed by atoms with Gasteiger partial charge in [-0.1, -0.05) is 23.7 Å². The van der Waals surface area contributed by atoms with Crippen LogP contribution in [0.3, 0.4) is 0 Å². The second kappa shape index (κ2) is 6.93. The first-order valence-electron chi connectivity index (χ1n) is 9.70. The molecule has 32 heavy (non-hydrogen) atoms. The standard InChI is InChI=1S/C21H16ClFN4O4S/c1-11-15(7-6-12(9-24)18(11)22)27-20(28)19-16-8-13(26(19)21(27)29)10-25(16)32(30,31)17-5-3-2-4-14(17)23/h2-7,13,16,28H,8,10H2,1H3. The van der Waals surface area contributed by atoms with Crippen LogP contribution >= 0.6 is 11.6 Å². The van der Waals surface area contributed by atoms with Crippen LogP contribution in [0.4, 0.5) is 4.39 Å². The van der Waals surface area contributed by atoms with Gasteiger partial charge in [-0.15, -0.1) is 0 Å². The van der Waals surface area contributed by atoms with Crippen molar-refractivity contribution in [3.05, 3.63) is 74.5 Å². The molecule has 0 saturated carbocycles. The number of imidazole rings is 1. The Labute approximate surface area is 187 Å². The van der Waals surface area contributed by atoms with E-state index in [0.717, 1.165) is 14.9 Å². The average Bonchev–Trinajstić information content (AvgIpc) is 3.43. The van der Waals surface area contributed by atoms with Crippen molar-refractivity contribution in [3.8, 4) is 17.6 Å². The molecule has 2 bridgehead atoms. The van der Waals surface area contributed by atoms with E-state index in [1.807, 2.05) is 6.07 Å². The normalized spacial score (nSPS) is 19.8. The highest BCUT2D eigenvalue weighted by Gasteiger charge is 2.52. The first kappa shape index (κ1) is 20.8. The molecule has 0 spiro atoms. The van der Waals surface area contributed by atoms with Crippen molar-refractivity contribution in [1.29, 1.82) is 5.26 Å². The largest absolute Gasteiger partial charge is 0.493 e. The van der Waals surface area contributed by atoms with Crippen molar-refractivity contribution >= 4 is 21.6 Å². The summed E-state index contributed by atoms with van der Waals surface area (Å²) in [5.41, 5.74) is 0.578. The summed E-state index contributed by atoms with van der Waals surface area (Å²) in [5.74, 6) is -1.27. The zero-order chi connectivity index (χ0) is 22.9. The van der Waals surface area contributed by atoms with E-state index in [9.17, 15) is 22.7 Å². The van der Waals surface area contributed by atoms with Gasteiger partial charge in [0, 0.05) is 6.54 Å². The minimum atomic E-state index is -4.19. The smallest absolute Gasteiger partial charge is 0.336 e. The maximum atomic E-state index is 14.2. The third kappa shape index (κ3) is 2.62. The number of hydrogen-bond donors (Lipinski definition) is 1. The number of halogens is 2. The number of sulfonamides is 1. The molecule has 0 radical (unpaired) electrons. The van der Waals surface area contributed by atoms with Gasteiger partial charge in [-0.25, -0.2) is 22.2 Å². The Hall–Kier alpha value is -3.13. The molecular formula is C21H16ClFN4O4S. The maximum absolute atomic E-state index is 14.2. The fourth-order valence-corrected chi connectivity index (χ4v) is 6.58. The fraction of sp³-hybridized carbons (Fsp3) is 0.238. The highest BCUT2D eigenvalue weighted by atomic mass is 35.5. The van der Waals surface area contributed by atoms with Gasteiger partial charge in [-0.05, 0) is 43.2 Å². The molecule has 5 rings (SSSR count). The lowest BCUT2D eigenvalue weighted by molar-refractivity contribution is 0.341. The van der Waals surface area contributed by atoms with Crippen molar-refractivity contribution in [3.63, 3.8) is 0 Å². The second-order valence-corrected chi connectivity index (χ2v) is 10.0. The molecule has 2 aromatic carbocycles. The minimum Gasteiger partial charge on any atom is -0.493 e. The van der Waals surface area contributed by atoms with E-state index in [0.29, 0.717) is 17.7 Å². The van der Waals surface area contributed by atoms with E-state index in [1.54, 1.807) is 6.92 Å². The lowest BCUT2D eigenvalue weighted by Gasteiger charge is -2.27. The predicted octanol–water partition coefficient (Wildman–Crippen LogP) is 3.01. The van der Waals surface area contributed by atoms with Crippen LogP contribution in [0.1, 0.15) is 35.3 Å². The molecule has 11 heteroatoms. The molecule has 2 unspecified atom stereocenters. The van der Waals surface area contributed by atoms with Crippen molar-refractivity contribution in [2.24, 2.45) is 0 Å². The van der Waals surface area contributed by atoms with Gasteiger partial charge in [0.1, 0.15) is 22.5 Å². The number of nitriles is 1. The lowest BCUT2D eigenvalue weighted by Crippen LogP contribution is -2.38. The van der Waals surface area contributed by atoms with Crippen molar-refractivity contribution in [2.75, 3.05) is 6.54 Å². The Balaban J connectivity index is 1.65. The summed E-state index contributed by atoms with van der Waals surface area (Å²) in [5, 5.41) is 20.3. The Kier molecular flexibility index (Phi) is 4.50. The molecule has 1 fully saturated rings. The predicted molar refractivity (Wildman–Crippen MR) is 113 cm³/mol. The van der Waals surface area contributed by atoms with Gasteiger partial charge >= 0.3 is 5.69 Å². The molecule has 2 atom stereocenters. The number of benzene rings is 2. The Bertz CT molecular complexity index is 1510. The summed E-state index contributed by atoms with van der Waals surface area (Å²) < 4.78 is 44.1. The number of hydrogen-bond acceptors (Lipinski definition) is 5. The maximum Gasteiger partial charge on any atom is 0.336 e. The summed E-state index contributed by atoms with van der Waals surface area (Å²) in [7, 11) is -4.19. The van der Waals surface area contributed by atoms with Crippen LogP contribution in [0, 0.1) is 24.1 Å². The van der Waals surface area contributed by atoms with E-state index in [4.69, 9.17) is 16.9 Å². The van der Waals surface area contributed by atoms with E-state index >= 15 is 0 Å². The molecule has 0 aliphatic carbocycles. The summed E-state index contributed by atoms with van der Waals surface area (Å²) in [4.78, 5) is 12.8. The quantitative estimate of drug-likeness (QED) is 0.627. The summed E-state index contributed by atoms with van der Waals surface area (Å²) in [6.07, 6.45) is 0.305. The lowest BCUT2D eigenvalue weighted by atomic mass is 10.1. The van der Waals surface area contributed by atoms with E-state index < -0.39 is 44.4 Å². The van der Waals surface area contributed by atoms with Gasteiger partial charge in [0.15, 0.2) is 0 Å². The number of fused-ring (bicyclic) bond motifs is 5. The SMILES string of the molecule is Cc1c(-n2c(O)c3n(c2=O)C2CC3N(S(=O)(=O)c3ccccc3F)C2)ccc(C#N)c1Cl. The van der Waals surface area contributed by atoms with Gasteiger partial charge < -0.3 is 5.11 Å². The van der Waals surface area contributed by atoms with Crippen LogP contribution in [-0.2, 0) is 10.0 Å². The van der Waals surface area contributed by atoms with E-state index in [1.165, 1.54) is 34.9 Å². The van der Waals surface area contributed by atoms with Crippen LogP contribution in [0.15, 0.2) is 46.1 Å². The summed E-state index contributed by atoms with van der Waals surface area (Å²) >= 11 is 6.23. The molecule has 1 saturated heterocycles. The Morgan fingerprint density at radius 2 is 1.97 bits per heavy atom. The Morgan fingerprint density at radius 3 is 2.66 bits per heavy atom. The van der Waals surface area contributed by atoms with Gasteiger partial charge in [0.2, 0.25) is 15.9 Å². The molecule has 2 aliphatic rings. The third-order valence-electron chi connectivity index (χ3n) is 6.15. The molecule has 1 aromatic heterocycles. The van der Waals surface area contributed by atoms with E-state index in [-0.39, 0.29) is 22.8 Å². The van der Waals surface area contributed by atoms with Crippen LogP contribution < -0.4 is 5.69 Å².